The molecule has 14 heavy (non-hydrogen) atoms. The van der Waals surface area contributed by atoms with Gasteiger partial charge in [-0.2, -0.15) is 0 Å². The molecule has 2 nitrogen and oxygen atoms in total. The van der Waals surface area contributed by atoms with E-state index < -0.39 is 0 Å². The summed E-state index contributed by atoms with van der Waals surface area (Å²) in [6.45, 7) is 0. The van der Waals surface area contributed by atoms with Crippen molar-refractivity contribution in [3.05, 3.63) is 36.7 Å². The molecule has 2 aromatic rings. The maximum atomic E-state index is 5.51. The van der Waals surface area contributed by atoms with Crippen LogP contribution in [0.3, 0.4) is 0 Å². The Kier molecular flexibility index (Phi) is 2.50. The Balaban J connectivity index is 2.46. The van der Waals surface area contributed by atoms with Crippen molar-refractivity contribution in [3.8, 4) is 5.75 Å². The van der Waals surface area contributed by atoms with Crippen molar-refractivity contribution in [1.29, 1.82) is 0 Å². The van der Waals surface area contributed by atoms with E-state index in [1.807, 2.05) is 36.7 Å². The molecular formula is C11H11NOS. The van der Waals surface area contributed by atoms with Gasteiger partial charge in [-0.1, -0.05) is 6.07 Å². The zero-order valence-corrected chi connectivity index (χ0v) is 8.75. The number of benzene rings is 1. The van der Waals surface area contributed by atoms with Crippen LogP contribution in [0.4, 0.5) is 0 Å². The highest BCUT2D eigenvalue weighted by molar-refractivity contribution is 8.09. The van der Waals surface area contributed by atoms with Gasteiger partial charge in [0.2, 0.25) is 0 Å². The fraction of sp³-hybridized carbons (Fsp3) is 0.0909. The molecule has 0 fully saturated rings. The number of hydrogen-bond acceptors (Lipinski definition) is 2. The number of pyridine rings is 1. The third-order valence-electron chi connectivity index (χ3n) is 1.85. The smallest absolute Gasteiger partial charge is 0.137 e. The van der Waals surface area contributed by atoms with Gasteiger partial charge in [0.15, 0.2) is 0 Å². The Morgan fingerprint density at radius 3 is 2.93 bits per heavy atom. The number of aromatic nitrogens is 1. The first-order chi connectivity index (χ1) is 6.75. The Morgan fingerprint density at radius 1 is 1.29 bits per heavy atom. The van der Waals surface area contributed by atoms with Gasteiger partial charge in [-0.3, -0.25) is 4.98 Å². The van der Waals surface area contributed by atoms with Gasteiger partial charge in [-0.25, -0.2) is 0 Å². The molecule has 0 aliphatic heterocycles. The van der Waals surface area contributed by atoms with Gasteiger partial charge in [0.1, 0.15) is 5.75 Å². The fourth-order valence-corrected chi connectivity index (χ4v) is 1.71. The number of fused-ring (bicyclic) bond motifs is 1. The molecule has 2 rings (SSSR count). The normalized spacial score (nSPS) is 12.6. The van der Waals surface area contributed by atoms with Crippen LogP contribution in [0.15, 0.2) is 36.7 Å². The SMILES string of the molecule is C=S(C)Oc1ccc2ccncc2c1. The first-order valence-electron chi connectivity index (χ1n) is 4.23. The van der Waals surface area contributed by atoms with Crippen LogP contribution in [-0.4, -0.2) is 17.1 Å². The van der Waals surface area contributed by atoms with Gasteiger partial charge in [0.25, 0.3) is 0 Å². The highest BCUT2D eigenvalue weighted by Gasteiger charge is 1.96. The molecule has 0 amide bonds. The van der Waals surface area contributed by atoms with E-state index in [1.165, 1.54) is 5.39 Å². The zero-order valence-electron chi connectivity index (χ0n) is 7.93. The van der Waals surface area contributed by atoms with E-state index in [-0.39, 0.29) is 10.8 Å². The van der Waals surface area contributed by atoms with Crippen molar-refractivity contribution >= 4 is 27.4 Å². The van der Waals surface area contributed by atoms with Crippen molar-refractivity contribution in [2.24, 2.45) is 0 Å². The Bertz CT molecular complexity index is 481. The quantitative estimate of drug-likeness (QED) is 0.703. The average Bonchev–Trinajstić information content (AvgIpc) is 2.17. The van der Waals surface area contributed by atoms with E-state index in [0.717, 1.165) is 11.1 Å². The van der Waals surface area contributed by atoms with Gasteiger partial charge >= 0.3 is 0 Å². The second-order valence-electron chi connectivity index (χ2n) is 3.04. The van der Waals surface area contributed by atoms with E-state index in [2.05, 4.69) is 10.9 Å². The molecule has 0 aliphatic carbocycles. The summed E-state index contributed by atoms with van der Waals surface area (Å²) in [6, 6.07) is 7.95. The lowest BCUT2D eigenvalue weighted by atomic mass is 10.2. The predicted octanol–water partition coefficient (Wildman–Crippen LogP) is 2.86. The Labute approximate surface area is 85.7 Å². The molecule has 0 saturated carbocycles. The highest BCUT2D eigenvalue weighted by atomic mass is 32.2. The second-order valence-corrected chi connectivity index (χ2v) is 4.35. The zero-order chi connectivity index (χ0) is 9.97. The van der Waals surface area contributed by atoms with Crippen molar-refractivity contribution in [1.82, 2.24) is 4.98 Å². The monoisotopic (exact) mass is 205 g/mol. The first-order valence-corrected chi connectivity index (χ1v) is 5.96. The van der Waals surface area contributed by atoms with Crippen LogP contribution in [0.2, 0.25) is 0 Å². The van der Waals surface area contributed by atoms with Crippen molar-refractivity contribution in [2.75, 3.05) is 6.26 Å². The van der Waals surface area contributed by atoms with Crippen molar-refractivity contribution < 1.29 is 4.18 Å². The molecule has 0 radical (unpaired) electrons. The van der Waals surface area contributed by atoms with Crippen LogP contribution in [-0.2, 0) is 0 Å². The summed E-state index contributed by atoms with van der Waals surface area (Å²) in [5.74, 6) is 4.66. The van der Waals surface area contributed by atoms with E-state index >= 15 is 0 Å². The second kappa shape index (κ2) is 3.80. The van der Waals surface area contributed by atoms with Gasteiger partial charge in [-0.15, -0.1) is 0 Å². The van der Waals surface area contributed by atoms with Crippen LogP contribution in [0.25, 0.3) is 10.8 Å². The number of nitrogens with zero attached hydrogens (tertiary/aromatic N) is 1. The lowest BCUT2D eigenvalue weighted by Gasteiger charge is -2.05. The summed E-state index contributed by atoms with van der Waals surface area (Å²) in [6.07, 6.45) is 5.56. The summed E-state index contributed by atoms with van der Waals surface area (Å²) in [5, 5.41) is 2.27. The van der Waals surface area contributed by atoms with Gasteiger partial charge in [0, 0.05) is 24.0 Å². The molecule has 0 saturated heterocycles. The molecule has 1 atom stereocenters. The van der Waals surface area contributed by atoms with Gasteiger partial charge < -0.3 is 4.18 Å². The molecule has 0 aliphatic rings. The number of rotatable bonds is 2. The Morgan fingerprint density at radius 2 is 2.14 bits per heavy atom. The van der Waals surface area contributed by atoms with Crippen LogP contribution < -0.4 is 4.18 Å². The molecule has 1 aromatic carbocycles. The van der Waals surface area contributed by atoms with E-state index in [1.54, 1.807) is 6.20 Å². The fourth-order valence-electron chi connectivity index (χ4n) is 1.28. The number of hydrogen-bond donors (Lipinski definition) is 0. The molecule has 0 spiro atoms. The summed E-state index contributed by atoms with van der Waals surface area (Å²) < 4.78 is 5.51. The lowest BCUT2D eigenvalue weighted by Crippen LogP contribution is -1.83. The predicted molar refractivity (Wildman–Crippen MR) is 63.0 cm³/mol. The van der Waals surface area contributed by atoms with Crippen molar-refractivity contribution in [3.63, 3.8) is 0 Å². The van der Waals surface area contributed by atoms with Crippen LogP contribution in [0.1, 0.15) is 0 Å². The summed E-state index contributed by atoms with van der Waals surface area (Å²) >= 11 is 0. The summed E-state index contributed by atoms with van der Waals surface area (Å²) in [4.78, 5) is 4.06. The van der Waals surface area contributed by atoms with Gasteiger partial charge in [-0.05, 0) is 40.2 Å². The Hall–Kier alpha value is -1.35. The molecule has 3 heteroatoms. The standard InChI is InChI=1S/C11H11NOS/c1-14(2)13-11-4-3-9-5-6-12-8-10(9)7-11/h3-8H,1H2,2H3. The molecule has 1 unspecified atom stereocenters. The maximum absolute atomic E-state index is 5.51. The minimum Gasteiger partial charge on any atom is -0.435 e. The topological polar surface area (TPSA) is 22.1 Å². The molecule has 0 N–H and O–H groups in total. The van der Waals surface area contributed by atoms with Gasteiger partial charge in [0.05, 0.1) is 0 Å². The van der Waals surface area contributed by atoms with Crippen LogP contribution in [0.5, 0.6) is 5.75 Å². The third-order valence-corrected chi connectivity index (χ3v) is 2.33. The van der Waals surface area contributed by atoms with E-state index in [4.69, 9.17) is 4.18 Å². The first kappa shape index (κ1) is 9.21. The van der Waals surface area contributed by atoms with E-state index in [0.29, 0.717) is 0 Å². The molecule has 1 aromatic heterocycles. The van der Waals surface area contributed by atoms with E-state index in [9.17, 15) is 0 Å². The van der Waals surface area contributed by atoms with Crippen LogP contribution in [0, 0.1) is 0 Å². The molecular weight excluding hydrogens is 194 g/mol. The average molecular weight is 205 g/mol. The highest BCUT2D eigenvalue weighted by Crippen LogP contribution is 2.23. The maximum Gasteiger partial charge on any atom is 0.137 e. The summed E-state index contributed by atoms with van der Waals surface area (Å²) in [7, 11) is -0.280. The lowest BCUT2D eigenvalue weighted by molar-refractivity contribution is 0.649. The van der Waals surface area contributed by atoms with Crippen LogP contribution >= 0.6 is 10.8 Å². The largest absolute Gasteiger partial charge is 0.435 e. The summed E-state index contributed by atoms with van der Waals surface area (Å²) in [5.41, 5.74) is 0. The molecule has 1 heterocycles. The minimum atomic E-state index is -0.280. The third kappa shape index (κ3) is 1.93. The molecule has 72 valence electrons. The molecule has 0 bridgehead atoms. The minimum absolute atomic E-state index is 0.280. The van der Waals surface area contributed by atoms with Crippen molar-refractivity contribution in [2.45, 2.75) is 0 Å².